The number of piperazine rings is 1. The first-order valence-electron chi connectivity index (χ1n) is 14.9. The number of anilines is 4. The molecule has 0 atom stereocenters. The molecule has 1 amide bonds. The molecule has 14 heteroatoms. The van der Waals surface area contributed by atoms with Gasteiger partial charge in [-0.05, 0) is 30.3 Å². The van der Waals surface area contributed by atoms with Crippen LogP contribution < -0.4 is 25.0 Å². The van der Waals surface area contributed by atoms with Crippen LogP contribution in [-0.2, 0) is 9.53 Å². The van der Waals surface area contributed by atoms with Crippen LogP contribution in [0.4, 0.5) is 23.0 Å². The summed E-state index contributed by atoms with van der Waals surface area (Å²) in [6.07, 6.45) is 6.41. The highest BCUT2D eigenvalue weighted by Crippen LogP contribution is 2.47. The fourth-order valence-corrected chi connectivity index (χ4v) is 6.34. The smallest absolute Gasteiger partial charge is 0.247 e. The number of hydrogen-bond donors (Lipinski definition) is 2. The average Bonchev–Trinajstić information content (AvgIpc) is 3.59. The largest absolute Gasteiger partial charge is 0.495 e. The van der Waals surface area contributed by atoms with Crippen molar-refractivity contribution < 1.29 is 19.0 Å². The number of carbonyl (C=O) groups is 1. The van der Waals surface area contributed by atoms with E-state index in [2.05, 4.69) is 37.0 Å². The molecule has 47 heavy (non-hydrogen) atoms. The number of ether oxygens (including phenoxy) is 3. The lowest BCUT2D eigenvalue weighted by Crippen LogP contribution is -2.47. The van der Waals surface area contributed by atoms with Gasteiger partial charge >= 0.3 is 0 Å². The van der Waals surface area contributed by atoms with Crippen LogP contribution in [0.1, 0.15) is 0 Å². The van der Waals surface area contributed by atoms with Crippen molar-refractivity contribution >= 4 is 68.8 Å². The Kier molecular flexibility index (Phi) is 9.64. The lowest BCUT2D eigenvalue weighted by atomic mass is 10.0. The van der Waals surface area contributed by atoms with Crippen LogP contribution in [-0.4, -0.2) is 90.8 Å². The van der Waals surface area contributed by atoms with Gasteiger partial charge in [0.2, 0.25) is 11.9 Å². The first-order chi connectivity index (χ1) is 22.8. The van der Waals surface area contributed by atoms with Crippen LogP contribution in [0.5, 0.6) is 11.5 Å². The number of hydrogen-bond acceptors (Lipinski definition) is 10. The van der Waals surface area contributed by atoms with E-state index in [1.54, 1.807) is 31.8 Å². The van der Waals surface area contributed by atoms with Gasteiger partial charge in [0.1, 0.15) is 17.1 Å². The van der Waals surface area contributed by atoms with Gasteiger partial charge in [0.15, 0.2) is 5.65 Å². The second-order valence-corrected chi connectivity index (χ2v) is 11.6. The molecule has 2 aromatic carbocycles. The summed E-state index contributed by atoms with van der Waals surface area (Å²) in [5.41, 5.74) is 4.56. The van der Waals surface area contributed by atoms with E-state index in [0.717, 1.165) is 38.4 Å². The standard InChI is InChI=1S/C33H34Cl2N8O4/c1-5-27(44)38-24-17-21(42-12-10-41(11-13-42)14-15-45-2)6-7-23(24)39-33-37-19-20-16-22(32-36-8-9-43(32)31(20)40-33)28-29(34)25(46-3)18-26(47-4)30(28)35/h5-9,16-19H,1,10-15H2,2-4H3,(H,38,44)(H,37,39,40). The molecule has 12 nitrogen and oxygen atoms in total. The molecule has 0 spiro atoms. The zero-order valence-electron chi connectivity index (χ0n) is 26.2. The number of halogens is 2. The summed E-state index contributed by atoms with van der Waals surface area (Å²) in [6, 6.07) is 9.41. The van der Waals surface area contributed by atoms with Crippen LogP contribution in [0.3, 0.4) is 0 Å². The number of benzene rings is 2. The highest BCUT2D eigenvalue weighted by atomic mass is 35.5. The van der Waals surface area contributed by atoms with Crippen molar-refractivity contribution in [3.63, 3.8) is 0 Å². The van der Waals surface area contributed by atoms with E-state index < -0.39 is 0 Å². The molecule has 244 valence electrons. The van der Waals surface area contributed by atoms with Gasteiger partial charge in [0.25, 0.3) is 0 Å². The van der Waals surface area contributed by atoms with Gasteiger partial charge < -0.3 is 29.7 Å². The fraction of sp³-hybridized carbons (Fsp3) is 0.273. The Labute approximate surface area is 281 Å². The van der Waals surface area contributed by atoms with E-state index in [4.69, 9.17) is 42.4 Å². The van der Waals surface area contributed by atoms with E-state index in [1.165, 1.54) is 20.3 Å². The second-order valence-electron chi connectivity index (χ2n) is 10.8. The summed E-state index contributed by atoms with van der Waals surface area (Å²) in [4.78, 5) is 31.1. The van der Waals surface area contributed by atoms with Gasteiger partial charge in [-0.1, -0.05) is 29.8 Å². The summed E-state index contributed by atoms with van der Waals surface area (Å²) in [6.45, 7) is 8.81. The molecular weight excluding hydrogens is 643 g/mol. The molecule has 3 aromatic heterocycles. The van der Waals surface area contributed by atoms with Crippen molar-refractivity contribution in [3.05, 3.63) is 71.6 Å². The number of aromatic nitrogens is 4. The van der Waals surface area contributed by atoms with Gasteiger partial charge in [0, 0.05) is 86.7 Å². The van der Waals surface area contributed by atoms with Crippen molar-refractivity contribution in [2.45, 2.75) is 0 Å². The van der Waals surface area contributed by atoms with Crippen LogP contribution >= 0.6 is 23.2 Å². The van der Waals surface area contributed by atoms with E-state index in [1.807, 2.05) is 28.7 Å². The normalized spacial score (nSPS) is 13.6. The number of carbonyl (C=O) groups excluding carboxylic acids is 1. The third-order valence-electron chi connectivity index (χ3n) is 8.09. The summed E-state index contributed by atoms with van der Waals surface area (Å²) in [5, 5.41) is 7.58. The molecule has 1 fully saturated rings. The number of pyridine rings is 1. The summed E-state index contributed by atoms with van der Waals surface area (Å²) < 4.78 is 18.0. The predicted octanol–water partition coefficient (Wildman–Crippen LogP) is 5.91. The number of imidazole rings is 1. The quantitative estimate of drug-likeness (QED) is 0.164. The summed E-state index contributed by atoms with van der Waals surface area (Å²) >= 11 is 13.5. The van der Waals surface area contributed by atoms with Crippen molar-refractivity contribution in [1.82, 2.24) is 24.3 Å². The Morgan fingerprint density at radius 2 is 1.72 bits per heavy atom. The molecule has 1 saturated heterocycles. The van der Waals surface area contributed by atoms with Crippen LogP contribution in [0, 0.1) is 0 Å². The highest BCUT2D eigenvalue weighted by molar-refractivity contribution is 6.41. The number of nitrogens with one attached hydrogen (secondary N) is 2. The van der Waals surface area contributed by atoms with E-state index in [0.29, 0.717) is 73.3 Å². The Morgan fingerprint density at radius 1 is 0.979 bits per heavy atom. The van der Waals surface area contributed by atoms with Crippen LogP contribution in [0.2, 0.25) is 10.0 Å². The Balaban J connectivity index is 1.34. The number of fused-ring (bicyclic) bond motifs is 3. The minimum Gasteiger partial charge on any atom is -0.495 e. The monoisotopic (exact) mass is 676 g/mol. The SMILES string of the molecule is C=CC(=O)Nc1cc(N2CCN(CCOC)CC2)ccc1Nc1ncc2cc(-c3c(Cl)c(OC)cc(OC)c3Cl)c3nccn3c2n1. The summed E-state index contributed by atoms with van der Waals surface area (Å²) in [5.74, 6) is 0.831. The molecule has 0 saturated carbocycles. The summed E-state index contributed by atoms with van der Waals surface area (Å²) in [7, 11) is 4.77. The van der Waals surface area contributed by atoms with E-state index in [9.17, 15) is 4.79 Å². The molecule has 5 aromatic rings. The molecule has 0 aliphatic carbocycles. The zero-order chi connectivity index (χ0) is 33.1. The fourth-order valence-electron chi connectivity index (χ4n) is 5.63. The maximum absolute atomic E-state index is 12.4. The van der Waals surface area contributed by atoms with Crippen molar-refractivity contribution in [2.24, 2.45) is 0 Å². The minimum atomic E-state index is -0.326. The van der Waals surface area contributed by atoms with Gasteiger partial charge in [-0.3, -0.25) is 14.1 Å². The molecule has 0 unspecified atom stereocenters. The maximum atomic E-state index is 12.4. The van der Waals surface area contributed by atoms with Gasteiger partial charge in [-0.2, -0.15) is 4.98 Å². The van der Waals surface area contributed by atoms with Gasteiger partial charge in [-0.15, -0.1) is 0 Å². The highest BCUT2D eigenvalue weighted by Gasteiger charge is 2.23. The van der Waals surface area contributed by atoms with Crippen LogP contribution in [0.15, 0.2) is 61.6 Å². The molecule has 2 N–H and O–H groups in total. The molecule has 0 radical (unpaired) electrons. The Bertz CT molecular complexity index is 1930. The Morgan fingerprint density at radius 3 is 2.40 bits per heavy atom. The molecule has 1 aliphatic rings. The third kappa shape index (κ3) is 6.50. The number of nitrogens with zero attached hydrogens (tertiary/aromatic N) is 6. The van der Waals surface area contributed by atoms with E-state index in [-0.39, 0.29) is 5.91 Å². The average molecular weight is 678 g/mol. The van der Waals surface area contributed by atoms with Gasteiger partial charge in [-0.25, -0.2) is 9.97 Å². The molecule has 1 aliphatic heterocycles. The number of methoxy groups -OCH3 is 3. The van der Waals surface area contributed by atoms with E-state index >= 15 is 0 Å². The lowest BCUT2D eigenvalue weighted by molar-refractivity contribution is -0.111. The third-order valence-corrected chi connectivity index (χ3v) is 8.84. The van der Waals surface area contributed by atoms with Gasteiger partial charge in [0.05, 0.1) is 42.2 Å². The van der Waals surface area contributed by atoms with Crippen LogP contribution in [0.25, 0.3) is 27.8 Å². The molecule has 0 bridgehead atoms. The van der Waals surface area contributed by atoms with Crippen molar-refractivity contribution in [1.29, 1.82) is 0 Å². The maximum Gasteiger partial charge on any atom is 0.247 e. The Hall–Kier alpha value is -4.62. The molecule has 6 rings (SSSR count). The van der Waals surface area contributed by atoms with Crippen molar-refractivity contribution in [3.8, 4) is 22.6 Å². The minimum absolute atomic E-state index is 0.326. The van der Waals surface area contributed by atoms with Crippen molar-refractivity contribution in [2.75, 3.05) is 76.2 Å². The number of amides is 1. The topological polar surface area (TPSA) is 118 Å². The molecule has 4 heterocycles. The zero-order valence-corrected chi connectivity index (χ0v) is 27.7. The number of rotatable bonds is 11. The second kappa shape index (κ2) is 14.0. The first-order valence-corrected chi connectivity index (χ1v) is 15.6. The lowest BCUT2D eigenvalue weighted by Gasteiger charge is -2.36. The predicted molar refractivity (Wildman–Crippen MR) is 186 cm³/mol. The first kappa shape index (κ1) is 32.3. The molecular formula is C33H34Cl2N8O4.